The molecule has 0 unspecified atom stereocenters. The zero-order valence-electron chi connectivity index (χ0n) is 70.5. The molecule has 0 spiro atoms. The molecule has 0 bridgehead atoms. The molecule has 0 aromatic heterocycles. The smallest absolute Gasteiger partial charge is 0.0654 e. The van der Waals surface area contributed by atoms with Crippen molar-refractivity contribution < 1.29 is 19.1 Å². The SMILES string of the molecule is CCCCCCCCCCCCCCCC1=C(c2cc(CCCC)c(CC[Si](C)(C)C)c(CCCC)c2)[N+](=[N-])C(c2cc(CCCC)c(CC[Si](C)(C)C)c(CCCC)c2)=C1CCCC.CCCCCCCCCCCCCCCC[CH2][Ni][CH2]CCCCCCCCCCCCCCCC. The molecule has 1 aliphatic rings. The fraction of sp³-hybridized carbons (Fsp3) is 0.832. The van der Waals surface area contributed by atoms with Gasteiger partial charge in [-0.2, -0.15) is 0 Å². The summed E-state index contributed by atoms with van der Waals surface area (Å²) in [4.78, 5) is 0. The molecule has 584 valence electrons. The topological polar surface area (TPSA) is 25.3 Å². The van der Waals surface area contributed by atoms with Gasteiger partial charge in [0.25, 0.3) is 0 Å². The predicted octanol–water partition coefficient (Wildman–Crippen LogP) is 34.3. The summed E-state index contributed by atoms with van der Waals surface area (Å²) >= 11 is 2.04. The van der Waals surface area contributed by atoms with Crippen LogP contribution in [-0.2, 0) is 53.0 Å². The number of aryl methyl sites for hydroxylation is 4. The second-order valence-corrected chi connectivity index (χ2v) is 47.2. The number of benzene rings is 2. The van der Waals surface area contributed by atoms with E-state index in [1.54, 1.807) is 38.1 Å². The number of allylic oxidation sites excluding steroid dienone is 2. The van der Waals surface area contributed by atoms with Crippen LogP contribution < -0.4 is 0 Å². The van der Waals surface area contributed by atoms with Crippen LogP contribution in [0.4, 0.5) is 0 Å². The summed E-state index contributed by atoms with van der Waals surface area (Å²) in [6.45, 7) is 33.9. The quantitative estimate of drug-likeness (QED) is 0.0358. The molecule has 0 N–H and O–H groups in total. The van der Waals surface area contributed by atoms with Gasteiger partial charge in [-0.05, 0) is 148 Å². The number of nitrogens with zero attached hydrogens (tertiary/aromatic N) is 2. The van der Waals surface area contributed by atoms with Gasteiger partial charge in [0.15, 0.2) is 0 Å². The van der Waals surface area contributed by atoms with E-state index in [9.17, 15) is 5.53 Å². The van der Waals surface area contributed by atoms with E-state index in [1.807, 2.05) is 14.4 Å². The second kappa shape index (κ2) is 63.5. The molecule has 5 heteroatoms. The van der Waals surface area contributed by atoms with Crippen molar-refractivity contribution in [2.75, 3.05) is 0 Å². The van der Waals surface area contributed by atoms with Crippen LogP contribution in [0.15, 0.2) is 35.4 Å². The zero-order valence-corrected chi connectivity index (χ0v) is 73.5. The molecule has 0 amide bonds. The molecule has 1 heterocycles. The van der Waals surface area contributed by atoms with E-state index < -0.39 is 16.1 Å². The van der Waals surface area contributed by atoms with E-state index >= 15 is 0 Å². The van der Waals surface area contributed by atoms with Crippen molar-refractivity contribution in [3.05, 3.63) is 85.5 Å². The fourth-order valence-electron chi connectivity index (χ4n) is 15.5. The Balaban J connectivity index is 0.000000821. The van der Waals surface area contributed by atoms with Crippen molar-refractivity contribution in [1.82, 2.24) is 0 Å². The van der Waals surface area contributed by atoms with Crippen LogP contribution in [-0.4, -0.2) is 20.8 Å². The van der Waals surface area contributed by atoms with Gasteiger partial charge >= 0.3 is 166 Å². The molecule has 0 aliphatic carbocycles. The first-order valence-corrected chi connectivity index (χ1v) is 54.2. The minimum absolute atomic E-state index is 1.03. The summed E-state index contributed by atoms with van der Waals surface area (Å²) < 4.78 is 1.76. The van der Waals surface area contributed by atoms with Crippen molar-refractivity contribution in [3.63, 3.8) is 0 Å². The summed E-state index contributed by atoms with van der Waals surface area (Å²) in [5.41, 5.74) is 30.4. The van der Waals surface area contributed by atoms with Crippen LogP contribution in [0.5, 0.6) is 0 Å². The van der Waals surface area contributed by atoms with Gasteiger partial charge in [-0.25, -0.2) is 4.70 Å². The Morgan fingerprint density at radius 1 is 0.250 bits per heavy atom. The van der Waals surface area contributed by atoms with Crippen LogP contribution in [0.2, 0.25) is 62.2 Å². The van der Waals surface area contributed by atoms with Crippen LogP contribution in [0.25, 0.3) is 16.9 Å². The summed E-state index contributed by atoms with van der Waals surface area (Å²) in [5, 5.41) is 2.87. The van der Waals surface area contributed by atoms with E-state index in [1.165, 1.54) is 385 Å². The standard InChI is InChI=1S/C61H106N2Si2.2C17H35.Ni/c1-13-19-25-26-27-28-29-30-31-32-33-34-35-41-59-58(40-24-18-6)60(54-46-50(36-20-14-2)56(42-44-64(7,8)9)51(47-54)37-21-15-3)63(62)61(59)55-48-52(38-22-16-4)57(43-45-65(10,11)12)53(49-55)39-23-17-5;2*1-3-5-7-9-11-13-15-17-16-14-12-10-8-6-4-2;/h46-49H,13-45H2,1-12H3;2*1,3-17H2,2H3;. The number of hydrogen-bond acceptors (Lipinski definition) is 0. The van der Waals surface area contributed by atoms with Gasteiger partial charge in [0.1, 0.15) is 0 Å². The molecule has 3 rings (SSSR count). The first-order chi connectivity index (χ1) is 48.6. The Morgan fingerprint density at radius 3 is 0.680 bits per heavy atom. The Labute approximate surface area is 637 Å². The Kier molecular flexibility index (Phi) is 60.1. The first-order valence-electron chi connectivity index (χ1n) is 45.3. The average Bonchev–Trinajstić information content (AvgIpc) is 1.59. The fourth-order valence-corrected chi connectivity index (χ4v) is 18.7. The van der Waals surface area contributed by atoms with Crippen molar-refractivity contribution in [2.45, 2.75) is 509 Å². The molecule has 100 heavy (non-hydrogen) atoms. The van der Waals surface area contributed by atoms with Crippen LogP contribution in [0, 0.1) is 0 Å². The maximum absolute atomic E-state index is 13.2. The molecule has 2 nitrogen and oxygen atoms in total. The molecule has 2 aromatic carbocycles. The van der Waals surface area contributed by atoms with Crippen LogP contribution in [0.1, 0.15) is 453 Å². The molecule has 1 aliphatic heterocycles. The second-order valence-electron chi connectivity index (χ2n) is 34.5. The molecule has 0 atom stereocenters. The van der Waals surface area contributed by atoms with E-state index in [4.69, 9.17) is 0 Å². The third kappa shape index (κ3) is 46.5. The van der Waals surface area contributed by atoms with E-state index in [0.717, 1.165) is 62.8 Å². The van der Waals surface area contributed by atoms with Crippen molar-refractivity contribution in [1.29, 1.82) is 0 Å². The Morgan fingerprint density at radius 2 is 0.450 bits per heavy atom. The molecule has 2 aromatic rings. The Bertz CT molecular complexity index is 2240. The zero-order chi connectivity index (χ0) is 73.0. The van der Waals surface area contributed by atoms with Gasteiger partial charge in [0.2, 0.25) is 11.4 Å². The predicted molar refractivity (Wildman–Crippen MR) is 458 cm³/mol. The first kappa shape index (κ1) is 94.5. The van der Waals surface area contributed by atoms with Crippen molar-refractivity contribution >= 4 is 27.5 Å². The summed E-state index contributed by atoms with van der Waals surface area (Å²) in [6.07, 6.45) is 83.2. The van der Waals surface area contributed by atoms with Gasteiger partial charge in [0, 0.05) is 38.4 Å². The minimum Gasteiger partial charge on any atom is -0.0654 e. The molecule has 0 fully saturated rings. The third-order valence-corrected chi connectivity index (χ3v) is 27.1. The van der Waals surface area contributed by atoms with E-state index in [0.29, 0.717) is 0 Å². The van der Waals surface area contributed by atoms with Gasteiger partial charge in [-0.15, -0.1) is 0 Å². The molecule has 0 radical (unpaired) electrons. The Hall–Kier alpha value is -1.55. The van der Waals surface area contributed by atoms with Crippen molar-refractivity contribution in [3.8, 4) is 0 Å². The van der Waals surface area contributed by atoms with Gasteiger partial charge < -0.3 is 5.53 Å². The van der Waals surface area contributed by atoms with Crippen LogP contribution >= 0.6 is 0 Å². The van der Waals surface area contributed by atoms with Crippen molar-refractivity contribution in [2.24, 2.45) is 0 Å². The summed E-state index contributed by atoms with van der Waals surface area (Å²) in [5.74, 6) is 0. The van der Waals surface area contributed by atoms with E-state index in [-0.39, 0.29) is 0 Å². The van der Waals surface area contributed by atoms with E-state index in [2.05, 4.69) is 119 Å². The number of rotatable bonds is 69. The van der Waals surface area contributed by atoms with Gasteiger partial charge in [-0.1, -0.05) is 267 Å². The van der Waals surface area contributed by atoms with Crippen LogP contribution in [0.3, 0.4) is 0 Å². The van der Waals surface area contributed by atoms with Gasteiger partial charge in [-0.3, -0.25) is 0 Å². The molecular weight excluding hydrogens is 1280 g/mol. The van der Waals surface area contributed by atoms with Gasteiger partial charge in [0.05, 0.1) is 0 Å². The number of unbranched alkanes of at least 4 members (excludes halogenated alkanes) is 45. The summed E-state index contributed by atoms with van der Waals surface area (Å²) in [7, 11) is -2.45. The minimum atomic E-state index is -1.23. The third-order valence-electron chi connectivity index (χ3n) is 22.2. The maximum atomic E-state index is 13.2. The normalized spacial score (nSPS) is 12.9. The molecule has 0 saturated heterocycles. The molecule has 0 saturated carbocycles. The summed E-state index contributed by atoms with van der Waals surface area (Å²) in [6, 6.07) is 13.0. The molecular formula is C95H176N2NiSi2. The number of hydrogen-bond donors (Lipinski definition) is 0. The average molecular weight is 1460 g/mol. The monoisotopic (exact) mass is 1460 g/mol.